The highest BCUT2D eigenvalue weighted by Gasteiger charge is 2.25. The second kappa shape index (κ2) is 4.10. The number of thiocarbonyl (C=S) groups is 1. The van der Waals surface area contributed by atoms with Gasteiger partial charge in [0.25, 0.3) is 0 Å². The number of carboxylic acid groups (broad SMARTS) is 1. The molecule has 0 aliphatic carbocycles. The number of aromatic carboxylic acids is 1. The number of rotatable bonds is 2. The molecule has 0 saturated carbocycles. The van der Waals surface area contributed by atoms with Crippen LogP contribution in [0.5, 0.6) is 0 Å². The maximum absolute atomic E-state index is 13.4. The highest BCUT2D eigenvalue weighted by atomic mass is 32.1. The number of nitrogens with zero attached hydrogens (tertiary/aromatic N) is 1. The lowest BCUT2D eigenvalue weighted by atomic mass is 10.2. The van der Waals surface area contributed by atoms with Crippen molar-refractivity contribution >= 4 is 34.9 Å². The molecule has 17 heavy (non-hydrogen) atoms. The Morgan fingerprint density at radius 3 is 2.71 bits per heavy atom. The summed E-state index contributed by atoms with van der Waals surface area (Å²) in [5.41, 5.74) is -0.0750. The van der Waals surface area contributed by atoms with Crippen LogP contribution in [0.1, 0.15) is 10.4 Å². The fourth-order valence-electron chi connectivity index (χ4n) is 1.50. The third-order valence-corrected chi connectivity index (χ3v) is 2.61. The lowest BCUT2D eigenvalue weighted by Gasteiger charge is -2.15. The van der Waals surface area contributed by atoms with Crippen LogP contribution in [-0.4, -0.2) is 28.6 Å². The Hall–Kier alpha value is -2.02. The van der Waals surface area contributed by atoms with Gasteiger partial charge in [-0.15, -0.1) is 0 Å². The molecule has 0 atom stereocenters. The van der Waals surface area contributed by atoms with E-state index in [1.165, 1.54) is 11.0 Å². The molecule has 1 saturated heterocycles. The van der Waals surface area contributed by atoms with Crippen molar-refractivity contribution in [3.05, 3.63) is 29.6 Å². The van der Waals surface area contributed by atoms with Gasteiger partial charge in [0.1, 0.15) is 12.4 Å². The number of halogens is 1. The summed E-state index contributed by atoms with van der Waals surface area (Å²) in [4.78, 5) is 23.1. The molecule has 1 fully saturated rings. The van der Waals surface area contributed by atoms with Gasteiger partial charge < -0.3 is 15.3 Å². The molecule has 1 aliphatic heterocycles. The van der Waals surface area contributed by atoms with Crippen LogP contribution in [0.4, 0.5) is 10.1 Å². The zero-order valence-electron chi connectivity index (χ0n) is 8.44. The summed E-state index contributed by atoms with van der Waals surface area (Å²) in [7, 11) is 0. The predicted molar refractivity (Wildman–Crippen MR) is 61.4 cm³/mol. The molecule has 0 unspecified atom stereocenters. The largest absolute Gasteiger partial charge is 0.478 e. The molecule has 2 N–H and O–H groups in total. The van der Waals surface area contributed by atoms with E-state index >= 15 is 0 Å². The fourth-order valence-corrected chi connectivity index (χ4v) is 1.78. The van der Waals surface area contributed by atoms with Gasteiger partial charge >= 0.3 is 5.97 Å². The van der Waals surface area contributed by atoms with Crippen LogP contribution in [0.25, 0.3) is 0 Å². The molecule has 1 heterocycles. The topological polar surface area (TPSA) is 69.6 Å². The molecule has 1 aromatic rings. The monoisotopic (exact) mass is 254 g/mol. The van der Waals surface area contributed by atoms with Gasteiger partial charge in [0.05, 0.1) is 5.56 Å². The van der Waals surface area contributed by atoms with E-state index in [0.29, 0.717) is 5.69 Å². The molecular formula is C10H7FN2O3S. The highest BCUT2D eigenvalue weighted by molar-refractivity contribution is 7.80. The molecule has 1 amide bonds. The van der Waals surface area contributed by atoms with Crippen LogP contribution in [0.3, 0.4) is 0 Å². The van der Waals surface area contributed by atoms with Gasteiger partial charge in [-0.1, -0.05) is 0 Å². The van der Waals surface area contributed by atoms with E-state index in [9.17, 15) is 14.0 Å². The molecule has 0 radical (unpaired) electrons. The standard InChI is InChI=1S/C10H7FN2O3S/c11-7-3-5(1-2-6(7)9(15)16)13-4-8(14)12-10(13)17/h1-3H,4H2,(H,15,16)(H,12,14,17). The molecule has 7 heteroatoms. The Morgan fingerprint density at radius 1 is 1.53 bits per heavy atom. The van der Waals surface area contributed by atoms with Gasteiger partial charge in [0.15, 0.2) is 5.11 Å². The van der Waals surface area contributed by atoms with Crippen molar-refractivity contribution in [2.45, 2.75) is 0 Å². The number of carboxylic acids is 1. The average molecular weight is 254 g/mol. The van der Waals surface area contributed by atoms with Crippen molar-refractivity contribution in [2.75, 3.05) is 11.4 Å². The second-order valence-electron chi connectivity index (χ2n) is 3.41. The van der Waals surface area contributed by atoms with Gasteiger partial charge in [-0.25, -0.2) is 9.18 Å². The third kappa shape index (κ3) is 2.09. The van der Waals surface area contributed by atoms with E-state index in [2.05, 4.69) is 5.32 Å². The maximum atomic E-state index is 13.4. The van der Waals surface area contributed by atoms with Crippen molar-refractivity contribution in [1.82, 2.24) is 5.32 Å². The Labute approximate surface area is 101 Å². The summed E-state index contributed by atoms with van der Waals surface area (Å²) in [5, 5.41) is 11.3. The number of hydrogen-bond acceptors (Lipinski definition) is 3. The first-order valence-corrected chi connectivity index (χ1v) is 5.04. The lowest BCUT2D eigenvalue weighted by Crippen LogP contribution is -2.27. The van der Waals surface area contributed by atoms with Crippen LogP contribution in [-0.2, 0) is 4.79 Å². The SMILES string of the molecule is O=C1CN(c2ccc(C(=O)O)c(F)c2)C(=S)N1. The van der Waals surface area contributed by atoms with E-state index in [0.717, 1.165) is 12.1 Å². The number of hydrogen-bond donors (Lipinski definition) is 2. The minimum absolute atomic E-state index is 0.00465. The van der Waals surface area contributed by atoms with Crippen molar-refractivity contribution in [1.29, 1.82) is 0 Å². The van der Waals surface area contributed by atoms with Gasteiger partial charge in [-0.05, 0) is 30.4 Å². The summed E-state index contributed by atoms with van der Waals surface area (Å²) in [6.45, 7) is 0.00465. The van der Waals surface area contributed by atoms with Gasteiger partial charge in [-0.3, -0.25) is 4.79 Å². The minimum Gasteiger partial charge on any atom is -0.478 e. The molecule has 0 spiro atoms. The zero-order chi connectivity index (χ0) is 12.6. The van der Waals surface area contributed by atoms with Crippen molar-refractivity contribution in [3.63, 3.8) is 0 Å². The Bertz CT molecular complexity index is 532. The van der Waals surface area contributed by atoms with Gasteiger partial charge in [0.2, 0.25) is 5.91 Å². The Balaban J connectivity index is 2.35. The van der Waals surface area contributed by atoms with Crippen LogP contribution in [0, 0.1) is 5.82 Å². The number of carbonyl (C=O) groups excluding carboxylic acids is 1. The normalized spacial score (nSPS) is 15.0. The van der Waals surface area contributed by atoms with E-state index in [4.69, 9.17) is 17.3 Å². The van der Waals surface area contributed by atoms with Crippen LogP contribution >= 0.6 is 12.2 Å². The van der Waals surface area contributed by atoms with E-state index in [1.54, 1.807) is 0 Å². The molecule has 1 aliphatic rings. The number of carbonyl (C=O) groups is 2. The predicted octanol–water partition coefficient (Wildman–Crippen LogP) is 0.745. The summed E-state index contributed by atoms with van der Waals surface area (Å²) < 4.78 is 13.4. The second-order valence-corrected chi connectivity index (χ2v) is 3.80. The van der Waals surface area contributed by atoms with Crippen LogP contribution < -0.4 is 10.2 Å². The summed E-state index contributed by atoms with van der Waals surface area (Å²) in [5.74, 6) is -2.48. The molecular weight excluding hydrogens is 247 g/mol. The first kappa shape index (κ1) is 11.5. The van der Waals surface area contributed by atoms with Crippen molar-refractivity contribution in [2.24, 2.45) is 0 Å². The first-order chi connectivity index (χ1) is 7.99. The Kier molecular flexibility index (Phi) is 2.76. The van der Waals surface area contributed by atoms with Crippen LogP contribution in [0.2, 0.25) is 0 Å². The molecule has 0 aromatic heterocycles. The number of amides is 1. The smallest absolute Gasteiger partial charge is 0.338 e. The first-order valence-electron chi connectivity index (χ1n) is 4.63. The maximum Gasteiger partial charge on any atom is 0.338 e. The van der Waals surface area contributed by atoms with E-state index in [-0.39, 0.29) is 17.6 Å². The van der Waals surface area contributed by atoms with E-state index < -0.39 is 17.3 Å². The average Bonchev–Trinajstić information content (AvgIpc) is 2.57. The number of anilines is 1. The molecule has 88 valence electrons. The fraction of sp³-hybridized carbons (Fsp3) is 0.100. The quantitative estimate of drug-likeness (QED) is 0.762. The molecule has 2 rings (SSSR count). The van der Waals surface area contributed by atoms with Gasteiger partial charge in [0, 0.05) is 5.69 Å². The van der Waals surface area contributed by atoms with Crippen molar-refractivity contribution < 1.29 is 19.1 Å². The molecule has 5 nitrogen and oxygen atoms in total. The van der Waals surface area contributed by atoms with Crippen LogP contribution in [0.15, 0.2) is 18.2 Å². The minimum atomic E-state index is -1.34. The lowest BCUT2D eigenvalue weighted by molar-refractivity contribution is -0.117. The highest BCUT2D eigenvalue weighted by Crippen LogP contribution is 2.20. The molecule has 0 bridgehead atoms. The van der Waals surface area contributed by atoms with E-state index in [1.807, 2.05) is 0 Å². The van der Waals surface area contributed by atoms with Gasteiger partial charge in [-0.2, -0.15) is 0 Å². The number of benzene rings is 1. The van der Waals surface area contributed by atoms with Crippen molar-refractivity contribution in [3.8, 4) is 0 Å². The summed E-state index contributed by atoms with van der Waals surface area (Å²) in [6, 6.07) is 3.58. The molecule has 1 aromatic carbocycles. The third-order valence-electron chi connectivity index (χ3n) is 2.29. The zero-order valence-corrected chi connectivity index (χ0v) is 9.25. The summed E-state index contributed by atoms with van der Waals surface area (Å²) in [6.07, 6.45) is 0. The Morgan fingerprint density at radius 2 is 2.24 bits per heavy atom. The number of nitrogens with one attached hydrogen (secondary N) is 1. The summed E-state index contributed by atoms with van der Waals surface area (Å²) >= 11 is 4.88.